The normalized spacial score (nSPS) is 22.8. The summed E-state index contributed by atoms with van der Waals surface area (Å²) in [5.41, 5.74) is 0.541. The van der Waals surface area contributed by atoms with Crippen LogP contribution in [0, 0.1) is 5.82 Å². The van der Waals surface area contributed by atoms with E-state index in [2.05, 4.69) is 0 Å². The molecule has 1 aliphatic heterocycles. The van der Waals surface area contributed by atoms with Crippen molar-refractivity contribution in [3.05, 3.63) is 23.5 Å². The molecule has 1 aliphatic rings. The molecule has 0 spiro atoms. The predicted octanol–water partition coefficient (Wildman–Crippen LogP) is 0.950. The van der Waals surface area contributed by atoms with E-state index in [1.54, 1.807) is 6.07 Å². The highest BCUT2D eigenvalue weighted by Gasteiger charge is 2.33. The SMILES string of the molecule is COc1cc(F)c(CN2CC(O)C(N(C)C)C2)cc1OC. The van der Waals surface area contributed by atoms with Gasteiger partial charge in [0.1, 0.15) is 5.82 Å². The van der Waals surface area contributed by atoms with Gasteiger partial charge in [-0.15, -0.1) is 0 Å². The maximum atomic E-state index is 14.1. The van der Waals surface area contributed by atoms with Crippen LogP contribution in [0.25, 0.3) is 0 Å². The Balaban J connectivity index is 2.13. The maximum absolute atomic E-state index is 14.1. The number of aliphatic hydroxyl groups excluding tert-OH is 1. The summed E-state index contributed by atoms with van der Waals surface area (Å²) in [4.78, 5) is 4.04. The molecule has 0 amide bonds. The summed E-state index contributed by atoms with van der Waals surface area (Å²) in [5.74, 6) is 0.569. The molecule has 1 heterocycles. The summed E-state index contributed by atoms with van der Waals surface area (Å²) in [6.45, 7) is 1.69. The van der Waals surface area contributed by atoms with Gasteiger partial charge in [-0.1, -0.05) is 0 Å². The number of likely N-dealkylation sites (N-methyl/N-ethyl adjacent to an activating group) is 1. The van der Waals surface area contributed by atoms with Crippen LogP contribution in [-0.4, -0.2) is 68.5 Å². The van der Waals surface area contributed by atoms with Gasteiger partial charge in [-0.3, -0.25) is 4.90 Å². The van der Waals surface area contributed by atoms with Gasteiger partial charge in [0.2, 0.25) is 0 Å². The standard InChI is InChI=1S/C15H23FN2O3/c1-17(2)12-8-18(9-13(12)19)7-10-5-14(20-3)15(21-4)6-11(10)16/h5-6,12-13,19H,7-9H2,1-4H3. The smallest absolute Gasteiger partial charge is 0.163 e. The van der Waals surface area contributed by atoms with E-state index in [9.17, 15) is 9.50 Å². The van der Waals surface area contributed by atoms with Crippen molar-refractivity contribution in [2.45, 2.75) is 18.7 Å². The van der Waals surface area contributed by atoms with E-state index in [0.717, 1.165) is 0 Å². The van der Waals surface area contributed by atoms with Gasteiger partial charge in [0.25, 0.3) is 0 Å². The first-order chi connectivity index (χ1) is 9.96. The van der Waals surface area contributed by atoms with Crippen LogP contribution in [0.15, 0.2) is 12.1 Å². The fourth-order valence-corrected chi connectivity index (χ4v) is 2.74. The minimum Gasteiger partial charge on any atom is -0.493 e. The van der Waals surface area contributed by atoms with Gasteiger partial charge in [-0.05, 0) is 20.2 Å². The average molecular weight is 298 g/mol. The Bertz CT molecular complexity index is 496. The summed E-state index contributed by atoms with van der Waals surface area (Å²) >= 11 is 0. The highest BCUT2D eigenvalue weighted by atomic mass is 19.1. The summed E-state index contributed by atoms with van der Waals surface area (Å²) in [7, 11) is 6.89. The van der Waals surface area contributed by atoms with Crippen LogP contribution in [0.4, 0.5) is 4.39 Å². The largest absolute Gasteiger partial charge is 0.493 e. The molecular formula is C15H23FN2O3. The Hall–Kier alpha value is -1.37. The Kier molecular flexibility index (Phi) is 5.03. The third-order valence-corrected chi connectivity index (χ3v) is 3.94. The molecule has 0 saturated carbocycles. The number of aliphatic hydroxyl groups is 1. The number of hydrogen-bond donors (Lipinski definition) is 1. The van der Waals surface area contributed by atoms with Gasteiger partial charge in [0.15, 0.2) is 11.5 Å². The lowest BCUT2D eigenvalue weighted by Crippen LogP contribution is -2.37. The van der Waals surface area contributed by atoms with Gasteiger partial charge in [-0.2, -0.15) is 0 Å². The summed E-state index contributed by atoms with van der Waals surface area (Å²) in [6.07, 6.45) is -0.414. The van der Waals surface area contributed by atoms with E-state index in [-0.39, 0.29) is 11.9 Å². The fourth-order valence-electron chi connectivity index (χ4n) is 2.74. The van der Waals surface area contributed by atoms with Crippen LogP contribution in [0.2, 0.25) is 0 Å². The van der Waals surface area contributed by atoms with Gasteiger partial charge in [0.05, 0.1) is 20.3 Å². The molecule has 0 aromatic heterocycles. The molecule has 1 aromatic carbocycles. The topological polar surface area (TPSA) is 45.2 Å². The van der Waals surface area contributed by atoms with Crippen molar-refractivity contribution >= 4 is 0 Å². The fraction of sp³-hybridized carbons (Fsp3) is 0.600. The van der Waals surface area contributed by atoms with Crippen molar-refractivity contribution < 1.29 is 19.0 Å². The Morgan fingerprint density at radius 2 is 1.86 bits per heavy atom. The van der Waals surface area contributed by atoms with Crippen molar-refractivity contribution in [1.82, 2.24) is 9.80 Å². The predicted molar refractivity (Wildman–Crippen MR) is 78.3 cm³/mol. The van der Waals surface area contributed by atoms with Gasteiger partial charge >= 0.3 is 0 Å². The lowest BCUT2D eigenvalue weighted by Gasteiger charge is -2.22. The Morgan fingerprint density at radius 1 is 1.24 bits per heavy atom. The average Bonchev–Trinajstić information content (AvgIpc) is 2.81. The zero-order chi connectivity index (χ0) is 15.6. The van der Waals surface area contributed by atoms with E-state index >= 15 is 0 Å². The lowest BCUT2D eigenvalue weighted by atomic mass is 10.1. The second kappa shape index (κ2) is 6.60. The van der Waals surface area contributed by atoms with E-state index in [1.807, 2.05) is 23.9 Å². The van der Waals surface area contributed by atoms with Crippen molar-refractivity contribution in [3.63, 3.8) is 0 Å². The molecule has 1 aromatic rings. The first-order valence-corrected chi connectivity index (χ1v) is 6.93. The monoisotopic (exact) mass is 298 g/mol. The quantitative estimate of drug-likeness (QED) is 0.877. The Morgan fingerprint density at radius 3 is 2.38 bits per heavy atom. The molecule has 0 bridgehead atoms. The molecule has 2 atom stereocenters. The number of rotatable bonds is 5. The van der Waals surface area contributed by atoms with E-state index in [4.69, 9.17) is 9.47 Å². The number of hydrogen-bond acceptors (Lipinski definition) is 5. The molecule has 6 heteroatoms. The number of methoxy groups -OCH3 is 2. The minimum atomic E-state index is -0.414. The third-order valence-electron chi connectivity index (χ3n) is 3.94. The van der Waals surface area contributed by atoms with Crippen molar-refractivity contribution in [2.75, 3.05) is 41.4 Å². The second-order valence-electron chi connectivity index (χ2n) is 5.59. The van der Waals surface area contributed by atoms with Crippen molar-refractivity contribution in [1.29, 1.82) is 0 Å². The highest BCUT2D eigenvalue weighted by Crippen LogP contribution is 2.31. The summed E-state index contributed by atoms with van der Waals surface area (Å²) < 4.78 is 24.4. The van der Waals surface area contributed by atoms with E-state index in [0.29, 0.717) is 36.7 Å². The van der Waals surface area contributed by atoms with E-state index < -0.39 is 6.10 Å². The van der Waals surface area contributed by atoms with Crippen molar-refractivity contribution in [2.24, 2.45) is 0 Å². The molecule has 0 radical (unpaired) electrons. The van der Waals surface area contributed by atoms with Crippen LogP contribution < -0.4 is 9.47 Å². The van der Waals surface area contributed by atoms with Gasteiger partial charge in [0, 0.05) is 37.3 Å². The van der Waals surface area contributed by atoms with Gasteiger partial charge < -0.3 is 19.5 Å². The number of likely N-dealkylation sites (tertiary alicyclic amines) is 1. The van der Waals surface area contributed by atoms with Crippen LogP contribution >= 0.6 is 0 Å². The number of benzene rings is 1. The number of halogens is 1. The minimum absolute atomic E-state index is 0.0770. The van der Waals surface area contributed by atoms with Crippen LogP contribution in [-0.2, 0) is 6.54 Å². The summed E-state index contributed by atoms with van der Waals surface area (Å²) in [6, 6.07) is 3.07. The second-order valence-corrected chi connectivity index (χ2v) is 5.59. The zero-order valence-electron chi connectivity index (χ0n) is 13.0. The molecule has 1 saturated heterocycles. The molecule has 2 rings (SSSR count). The maximum Gasteiger partial charge on any atom is 0.163 e. The van der Waals surface area contributed by atoms with E-state index in [1.165, 1.54) is 20.3 Å². The van der Waals surface area contributed by atoms with Crippen LogP contribution in [0.5, 0.6) is 11.5 Å². The first kappa shape index (κ1) is 16.0. The van der Waals surface area contributed by atoms with Crippen LogP contribution in [0.3, 0.4) is 0 Å². The molecule has 2 unspecified atom stereocenters. The van der Waals surface area contributed by atoms with Gasteiger partial charge in [-0.25, -0.2) is 4.39 Å². The number of nitrogens with zero attached hydrogens (tertiary/aromatic N) is 2. The number of ether oxygens (including phenoxy) is 2. The third kappa shape index (κ3) is 3.45. The zero-order valence-corrected chi connectivity index (χ0v) is 13.0. The molecule has 5 nitrogen and oxygen atoms in total. The molecule has 118 valence electrons. The molecule has 21 heavy (non-hydrogen) atoms. The molecular weight excluding hydrogens is 275 g/mol. The lowest BCUT2D eigenvalue weighted by molar-refractivity contribution is 0.112. The molecule has 0 aliphatic carbocycles. The highest BCUT2D eigenvalue weighted by molar-refractivity contribution is 5.43. The molecule has 1 fully saturated rings. The first-order valence-electron chi connectivity index (χ1n) is 6.93. The number of β-amino-alcohol motifs (C(OH)–C–C–N with tert-alkyl or cyclic N) is 1. The summed E-state index contributed by atoms with van der Waals surface area (Å²) in [5, 5.41) is 10.0. The Labute approximate surface area is 124 Å². The molecule has 1 N–H and O–H groups in total. The van der Waals surface area contributed by atoms with Crippen molar-refractivity contribution in [3.8, 4) is 11.5 Å². The van der Waals surface area contributed by atoms with Crippen LogP contribution in [0.1, 0.15) is 5.56 Å².